The predicted molar refractivity (Wildman–Crippen MR) is 95.3 cm³/mol. The number of carbonyl (C=O) groups is 2. The van der Waals surface area contributed by atoms with Gasteiger partial charge in [0.1, 0.15) is 19.0 Å². The van der Waals surface area contributed by atoms with Crippen molar-refractivity contribution >= 4 is 17.4 Å². The van der Waals surface area contributed by atoms with Crippen molar-refractivity contribution in [3.05, 3.63) is 59.7 Å². The molecule has 4 heterocycles. The summed E-state index contributed by atoms with van der Waals surface area (Å²) >= 11 is 0. The number of cyclic esters (lactones) is 1. The first-order valence-corrected chi connectivity index (χ1v) is 8.58. The second-order valence-electron chi connectivity index (χ2n) is 6.32. The Labute approximate surface area is 155 Å². The Morgan fingerprint density at radius 3 is 3.04 bits per heavy atom. The SMILES string of the molecule is Cc1nn2ccc(OCc3ccccn3)cc2c1C(=O)N[C@@H]1COC(=O)C1. The molecule has 0 bridgehead atoms. The molecule has 3 aromatic heterocycles. The predicted octanol–water partition coefficient (Wildman–Crippen LogP) is 1.66. The van der Waals surface area contributed by atoms with Crippen LogP contribution in [0, 0.1) is 6.92 Å². The van der Waals surface area contributed by atoms with Crippen LogP contribution in [0.1, 0.15) is 28.2 Å². The number of rotatable bonds is 5. The average molecular weight is 366 g/mol. The molecule has 1 aliphatic rings. The number of hydrogen-bond donors (Lipinski definition) is 1. The van der Waals surface area contributed by atoms with Crippen LogP contribution in [0.15, 0.2) is 42.7 Å². The highest BCUT2D eigenvalue weighted by Gasteiger charge is 2.27. The van der Waals surface area contributed by atoms with Gasteiger partial charge in [0, 0.05) is 18.5 Å². The summed E-state index contributed by atoms with van der Waals surface area (Å²) in [5.74, 6) is 0.0243. The van der Waals surface area contributed by atoms with Crippen LogP contribution in [0.5, 0.6) is 5.75 Å². The van der Waals surface area contributed by atoms with Crippen molar-refractivity contribution < 1.29 is 19.1 Å². The number of nitrogens with one attached hydrogen (secondary N) is 1. The van der Waals surface area contributed by atoms with E-state index >= 15 is 0 Å². The van der Waals surface area contributed by atoms with Crippen LogP contribution in [0.2, 0.25) is 0 Å². The van der Waals surface area contributed by atoms with E-state index < -0.39 is 0 Å². The zero-order valence-corrected chi connectivity index (χ0v) is 14.7. The van der Waals surface area contributed by atoms with Crippen molar-refractivity contribution in [2.24, 2.45) is 0 Å². The molecule has 1 fully saturated rings. The van der Waals surface area contributed by atoms with E-state index in [0.29, 0.717) is 29.1 Å². The molecule has 0 spiro atoms. The van der Waals surface area contributed by atoms with E-state index in [1.807, 2.05) is 18.2 Å². The maximum absolute atomic E-state index is 12.7. The van der Waals surface area contributed by atoms with Crippen LogP contribution in [-0.4, -0.2) is 39.1 Å². The molecule has 0 saturated carbocycles. The van der Waals surface area contributed by atoms with Gasteiger partial charge in [-0.2, -0.15) is 5.10 Å². The third kappa shape index (κ3) is 3.59. The minimum absolute atomic E-state index is 0.183. The number of aromatic nitrogens is 3. The van der Waals surface area contributed by atoms with E-state index in [9.17, 15) is 9.59 Å². The minimum Gasteiger partial charge on any atom is -0.487 e. The highest BCUT2D eigenvalue weighted by molar-refractivity contribution is 6.02. The maximum Gasteiger partial charge on any atom is 0.308 e. The Hall–Kier alpha value is -3.42. The molecule has 1 atom stereocenters. The van der Waals surface area contributed by atoms with Crippen molar-refractivity contribution in [1.82, 2.24) is 19.9 Å². The van der Waals surface area contributed by atoms with E-state index in [1.165, 1.54) is 0 Å². The lowest BCUT2D eigenvalue weighted by Gasteiger charge is -2.10. The number of aryl methyl sites for hydroxylation is 1. The Kier molecular flexibility index (Phi) is 4.45. The summed E-state index contributed by atoms with van der Waals surface area (Å²) in [5.41, 5.74) is 2.50. The average Bonchev–Trinajstić information content (AvgIpc) is 3.22. The third-order valence-corrected chi connectivity index (χ3v) is 4.32. The molecule has 1 N–H and O–H groups in total. The Balaban J connectivity index is 1.56. The molecule has 0 unspecified atom stereocenters. The summed E-state index contributed by atoms with van der Waals surface area (Å²) in [6.45, 7) is 2.29. The minimum atomic E-state index is -0.317. The van der Waals surface area contributed by atoms with Crippen LogP contribution in [0.25, 0.3) is 5.52 Å². The molecule has 138 valence electrons. The van der Waals surface area contributed by atoms with Gasteiger partial charge >= 0.3 is 5.97 Å². The Morgan fingerprint density at radius 1 is 1.41 bits per heavy atom. The van der Waals surface area contributed by atoms with Crippen molar-refractivity contribution in [2.75, 3.05) is 6.61 Å². The second-order valence-corrected chi connectivity index (χ2v) is 6.32. The van der Waals surface area contributed by atoms with E-state index in [4.69, 9.17) is 9.47 Å². The first-order valence-electron chi connectivity index (χ1n) is 8.58. The van der Waals surface area contributed by atoms with Crippen molar-refractivity contribution in [1.29, 1.82) is 0 Å². The van der Waals surface area contributed by atoms with Crippen LogP contribution >= 0.6 is 0 Å². The highest BCUT2D eigenvalue weighted by Crippen LogP contribution is 2.22. The summed E-state index contributed by atoms with van der Waals surface area (Å²) < 4.78 is 12.3. The van der Waals surface area contributed by atoms with Crippen LogP contribution < -0.4 is 10.1 Å². The van der Waals surface area contributed by atoms with E-state index in [-0.39, 0.29) is 30.9 Å². The fraction of sp³-hybridized carbons (Fsp3) is 0.263. The van der Waals surface area contributed by atoms with Crippen LogP contribution in [-0.2, 0) is 16.1 Å². The van der Waals surface area contributed by atoms with Crippen molar-refractivity contribution in [2.45, 2.75) is 26.0 Å². The molecule has 0 radical (unpaired) electrons. The fourth-order valence-electron chi connectivity index (χ4n) is 3.02. The van der Waals surface area contributed by atoms with Gasteiger partial charge in [-0.25, -0.2) is 4.52 Å². The number of hydrogen-bond acceptors (Lipinski definition) is 6. The molecular formula is C19H18N4O4. The number of nitrogens with zero attached hydrogens (tertiary/aromatic N) is 3. The van der Waals surface area contributed by atoms with Gasteiger partial charge < -0.3 is 14.8 Å². The fourth-order valence-corrected chi connectivity index (χ4v) is 3.02. The molecule has 0 aliphatic carbocycles. The molecule has 4 rings (SSSR count). The number of fused-ring (bicyclic) bond motifs is 1. The van der Waals surface area contributed by atoms with Gasteiger partial charge in [0.25, 0.3) is 5.91 Å². The largest absolute Gasteiger partial charge is 0.487 e. The van der Waals surface area contributed by atoms with E-state index in [0.717, 1.165) is 5.69 Å². The monoisotopic (exact) mass is 366 g/mol. The van der Waals surface area contributed by atoms with Crippen LogP contribution in [0.4, 0.5) is 0 Å². The number of ether oxygens (including phenoxy) is 2. The smallest absolute Gasteiger partial charge is 0.308 e. The molecule has 1 saturated heterocycles. The Bertz CT molecular complexity index is 1000. The molecular weight excluding hydrogens is 348 g/mol. The summed E-state index contributed by atoms with van der Waals surface area (Å²) in [6.07, 6.45) is 3.64. The number of carbonyl (C=O) groups excluding carboxylic acids is 2. The quantitative estimate of drug-likeness (QED) is 0.690. The maximum atomic E-state index is 12.7. The van der Waals surface area contributed by atoms with Crippen molar-refractivity contribution in [3.63, 3.8) is 0 Å². The third-order valence-electron chi connectivity index (χ3n) is 4.32. The van der Waals surface area contributed by atoms with Gasteiger partial charge in [-0.1, -0.05) is 6.07 Å². The zero-order valence-electron chi connectivity index (χ0n) is 14.7. The standard InChI is InChI=1S/C19H18N4O4/c1-12-18(19(25)21-14-8-17(24)27-11-14)16-9-15(5-7-23(16)22-12)26-10-13-4-2-3-6-20-13/h2-7,9,14H,8,10-11H2,1H3,(H,21,25)/t14-/m0/s1. The van der Waals surface area contributed by atoms with Crippen molar-refractivity contribution in [3.8, 4) is 5.75 Å². The van der Waals surface area contributed by atoms with Gasteiger partial charge in [-0.3, -0.25) is 14.6 Å². The summed E-state index contributed by atoms with van der Waals surface area (Å²) in [6, 6.07) is 8.86. The van der Waals surface area contributed by atoms with E-state index in [1.54, 1.807) is 36.0 Å². The van der Waals surface area contributed by atoms with E-state index in [2.05, 4.69) is 15.4 Å². The number of pyridine rings is 2. The summed E-state index contributed by atoms with van der Waals surface area (Å²) in [5, 5.41) is 7.21. The first kappa shape index (κ1) is 17.0. The zero-order chi connectivity index (χ0) is 18.8. The normalized spacial score (nSPS) is 16.3. The lowest BCUT2D eigenvalue weighted by Crippen LogP contribution is -2.35. The van der Waals surface area contributed by atoms with Gasteiger partial charge in [-0.05, 0) is 25.1 Å². The molecule has 8 nitrogen and oxygen atoms in total. The van der Waals surface area contributed by atoms with Gasteiger partial charge in [0.05, 0.1) is 34.9 Å². The Morgan fingerprint density at radius 2 is 2.30 bits per heavy atom. The molecule has 0 aromatic carbocycles. The molecule has 27 heavy (non-hydrogen) atoms. The van der Waals surface area contributed by atoms with Gasteiger partial charge in [0.15, 0.2) is 0 Å². The molecule has 1 amide bonds. The lowest BCUT2D eigenvalue weighted by atomic mass is 10.1. The molecule has 8 heteroatoms. The highest BCUT2D eigenvalue weighted by atomic mass is 16.5. The number of esters is 1. The van der Waals surface area contributed by atoms with Crippen LogP contribution in [0.3, 0.4) is 0 Å². The lowest BCUT2D eigenvalue weighted by molar-refractivity contribution is -0.137. The summed E-state index contributed by atoms with van der Waals surface area (Å²) in [7, 11) is 0. The number of amides is 1. The molecule has 1 aliphatic heterocycles. The second kappa shape index (κ2) is 7.06. The van der Waals surface area contributed by atoms with Gasteiger partial charge in [-0.15, -0.1) is 0 Å². The van der Waals surface area contributed by atoms with Gasteiger partial charge in [0.2, 0.25) is 0 Å². The molecule has 3 aromatic rings. The topological polar surface area (TPSA) is 94.8 Å². The first-order chi connectivity index (χ1) is 13.1. The summed E-state index contributed by atoms with van der Waals surface area (Å²) in [4.78, 5) is 28.2.